The highest BCUT2D eigenvalue weighted by Crippen LogP contribution is 2.27. The van der Waals surface area contributed by atoms with Gasteiger partial charge in [-0.05, 0) is 23.4 Å². The Morgan fingerprint density at radius 3 is 2.92 bits per heavy atom. The van der Waals surface area contributed by atoms with Gasteiger partial charge in [0.1, 0.15) is 17.1 Å². The number of rotatable bonds is 3. The molecule has 5 nitrogen and oxygen atoms in total. The minimum Gasteiger partial charge on any atom is -0.506 e. The SMILES string of the molecule is CONc1cc(N=O)ccc1O. The zero-order valence-electron chi connectivity index (χ0n) is 6.44. The predicted octanol–water partition coefficient (Wildman–Crippen LogP) is 1.76. The standard InChI is InChI=1S/C7H8N2O3/c1-12-9-6-4-5(8-11)2-3-7(6)10/h2-4,9-10H,1H3. The van der Waals surface area contributed by atoms with E-state index in [1.54, 1.807) is 0 Å². The third-order valence-corrected chi connectivity index (χ3v) is 1.30. The molecule has 0 spiro atoms. The van der Waals surface area contributed by atoms with E-state index in [1.807, 2.05) is 0 Å². The minimum absolute atomic E-state index is 0.00394. The van der Waals surface area contributed by atoms with E-state index in [0.717, 1.165) is 0 Å². The Hall–Kier alpha value is -1.62. The van der Waals surface area contributed by atoms with Gasteiger partial charge in [0, 0.05) is 0 Å². The van der Waals surface area contributed by atoms with Crippen molar-refractivity contribution in [1.29, 1.82) is 0 Å². The van der Waals surface area contributed by atoms with E-state index >= 15 is 0 Å². The van der Waals surface area contributed by atoms with Crippen molar-refractivity contribution in [3.63, 3.8) is 0 Å². The van der Waals surface area contributed by atoms with Gasteiger partial charge in [0.05, 0.1) is 7.11 Å². The number of nitroso groups, excluding NO2 is 1. The maximum Gasteiger partial charge on any atom is 0.141 e. The van der Waals surface area contributed by atoms with Crippen molar-refractivity contribution in [3.05, 3.63) is 23.1 Å². The summed E-state index contributed by atoms with van der Waals surface area (Å²) in [4.78, 5) is 14.6. The van der Waals surface area contributed by atoms with Crippen LogP contribution >= 0.6 is 0 Å². The van der Waals surface area contributed by atoms with Crippen molar-refractivity contribution in [1.82, 2.24) is 0 Å². The molecule has 0 aliphatic rings. The summed E-state index contributed by atoms with van der Waals surface area (Å²) in [5, 5.41) is 11.9. The Kier molecular flexibility index (Phi) is 2.60. The smallest absolute Gasteiger partial charge is 0.141 e. The highest BCUT2D eigenvalue weighted by atomic mass is 16.6. The van der Waals surface area contributed by atoms with Crippen molar-refractivity contribution in [3.8, 4) is 5.75 Å². The maximum absolute atomic E-state index is 10.1. The van der Waals surface area contributed by atoms with Crippen LogP contribution in [0.2, 0.25) is 0 Å². The first-order valence-corrected chi connectivity index (χ1v) is 3.23. The first-order chi connectivity index (χ1) is 5.77. The summed E-state index contributed by atoms with van der Waals surface area (Å²) in [6.45, 7) is 0. The number of hydrogen-bond acceptors (Lipinski definition) is 5. The number of anilines is 1. The summed E-state index contributed by atoms with van der Waals surface area (Å²) in [6, 6.07) is 4.15. The van der Waals surface area contributed by atoms with Crippen LogP contribution < -0.4 is 5.48 Å². The Morgan fingerprint density at radius 1 is 1.58 bits per heavy atom. The normalized spacial score (nSPS) is 9.42. The Bertz CT molecular complexity index is 288. The molecule has 2 N–H and O–H groups in total. The van der Waals surface area contributed by atoms with E-state index < -0.39 is 0 Å². The fourth-order valence-electron chi connectivity index (χ4n) is 0.773. The quantitative estimate of drug-likeness (QED) is 0.410. The molecule has 0 unspecified atom stereocenters. The van der Waals surface area contributed by atoms with Crippen LogP contribution in [0.15, 0.2) is 23.4 Å². The molecule has 0 fully saturated rings. The summed E-state index contributed by atoms with van der Waals surface area (Å²) >= 11 is 0. The molecular weight excluding hydrogens is 160 g/mol. The first-order valence-electron chi connectivity index (χ1n) is 3.23. The van der Waals surface area contributed by atoms with Gasteiger partial charge in [-0.15, -0.1) is 4.91 Å². The largest absolute Gasteiger partial charge is 0.506 e. The summed E-state index contributed by atoms with van der Waals surface area (Å²) < 4.78 is 0. The second-order valence-electron chi connectivity index (χ2n) is 2.10. The number of phenolic OH excluding ortho intramolecular Hbond substituents is 1. The lowest BCUT2D eigenvalue weighted by Crippen LogP contribution is -1.94. The highest BCUT2D eigenvalue weighted by molar-refractivity contribution is 5.61. The zero-order valence-corrected chi connectivity index (χ0v) is 6.44. The van der Waals surface area contributed by atoms with Crippen molar-refractivity contribution in [2.24, 2.45) is 5.18 Å². The molecule has 0 aliphatic carbocycles. The van der Waals surface area contributed by atoms with Gasteiger partial charge in [-0.2, -0.15) is 0 Å². The van der Waals surface area contributed by atoms with Crippen LogP contribution in [0.3, 0.4) is 0 Å². The molecule has 0 saturated carbocycles. The first kappa shape index (κ1) is 8.48. The van der Waals surface area contributed by atoms with Gasteiger partial charge in [0.25, 0.3) is 0 Å². The maximum atomic E-state index is 10.1. The average Bonchev–Trinajstić information content (AvgIpc) is 2.09. The highest BCUT2D eigenvalue weighted by Gasteiger charge is 2.01. The molecule has 1 aromatic carbocycles. The van der Waals surface area contributed by atoms with E-state index in [2.05, 4.69) is 15.5 Å². The van der Waals surface area contributed by atoms with Crippen LogP contribution in [0.1, 0.15) is 0 Å². The molecule has 1 aromatic rings. The Balaban J connectivity index is 2.99. The number of benzene rings is 1. The number of nitrogens with one attached hydrogen (secondary N) is 1. The molecule has 0 heterocycles. The third-order valence-electron chi connectivity index (χ3n) is 1.30. The van der Waals surface area contributed by atoms with Crippen molar-refractivity contribution < 1.29 is 9.94 Å². The van der Waals surface area contributed by atoms with Gasteiger partial charge < -0.3 is 5.11 Å². The van der Waals surface area contributed by atoms with E-state index in [1.165, 1.54) is 25.3 Å². The summed E-state index contributed by atoms with van der Waals surface area (Å²) in [5.74, 6) is 0.00394. The predicted molar refractivity (Wildman–Crippen MR) is 44.2 cm³/mol. The monoisotopic (exact) mass is 168 g/mol. The minimum atomic E-state index is 0.00394. The van der Waals surface area contributed by atoms with Gasteiger partial charge >= 0.3 is 0 Å². The molecule has 0 aliphatic heterocycles. The van der Waals surface area contributed by atoms with Crippen LogP contribution in [-0.2, 0) is 4.84 Å². The van der Waals surface area contributed by atoms with Crippen LogP contribution in [0.5, 0.6) is 5.75 Å². The number of nitrogens with zero attached hydrogens (tertiary/aromatic N) is 1. The molecule has 0 amide bonds. The van der Waals surface area contributed by atoms with Crippen molar-refractivity contribution in [2.75, 3.05) is 12.6 Å². The summed E-state index contributed by atoms with van der Waals surface area (Å²) in [6.07, 6.45) is 0. The van der Waals surface area contributed by atoms with E-state index in [0.29, 0.717) is 5.69 Å². The number of aromatic hydroxyl groups is 1. The molecule has 0 saturated heterocycles. The van der Waals surface area contributed by atoms with Gasteiger partial charge in [-0.25, -0.2) is 0 Å². The molecule has 0 radical (unpaired) electrons. The summed E-state index contributed by atoms with van der Waals surface area (Å²) in [7, 11) is 1.40. The fraction of sp³-hybridized carbons (Fsp3) is 0.143. The molecule has 64 valence electrons. The molecule has 0 atom stereocenters. The zero-order chi connectivity index (χ0) is 8.97. The molecule has 0 aromatic heterocycles. The number of hydrogen-bond donors (Lipinski definition) is 2. The van der Waals surface area contributed by atoms with Gasteiger partial charge in [-0.3, -0.25) is 10.3 Å². The fourth-order valence-corrected chi connectivity index (χ4v) is 0.773. The summed E-state index contributed by atoms with van der Waals surface area (Å²) in [5.41, 5.74) is 2.95. The molecule has 5 heteroatoms. The van der Waals surface area contributed by atoms with Crippen LogP contribution in [0.25, 0.3) is 0 Å². The van der Waals surface area contributed by atoms with Crippen molar-refractivity contribution in [2.45, 2.75) is 0 Å². The second-order valence-corrected chi connectivity index (χ2v) is 2.10. The van der Waals surface area contributed by atoms with Gasteiger partial charge in [-0.1, -0.05) is 0 Å². The topological polar surface area (TPSA) is 70.9 Å². The van der Waals surface area contributed by atoms with Crippen LogP contribution in [0, 0.1) is 4.91 Å². The van der Waals surface area contributed by atoms with Gasteiger partial charge in [0.2, 0.25) is 0 Å². The molecule has 0 bridgehead atoms. The second kappa shape index (κ2) is 3.68. The Labute approximate surface area is 68.9 Å². The van der Waals surface area contributed by atoms with Crippen molar-refractivity contribution >= 4 is 11.4 Å². The van der Waals surface area contributed by atoms with E-state index in [4.69, 9.17) is 0 Å². The molecular formula is C7H8N2O3. The van der Waals surface area contributed by atoms with E-state index in [-0.39, 0.29) is 11.4 Å². The van der Waals surface area contributed by atoms with Gasteiger partial charge in [0.15, 0.2) is 0 Å². The lowest BCUT2D eigenvalue weighted by Gasteiger charge is -2.04. The average molecular weight is 168 g/mol. The van der Waals surface area contributed by atoms with Crippen LogP contribution in [-0.4, -0.2) is 12.2 Å². The van der Waals surface area contributed by atoms with E-state index in [9.17, 15) is 10.0 Å². The lowest BCUT2D eigenvalue weighted by molar-refractivity contribution is 0.268. The lowest BCUT2D eigenvalue weighted by atomic mass is 10.2. The van der Waals surface area contributed by atoms with Crippen LogP contribution in [0.4, 0.5) is 11.4 Å². The Morgan fingerprint density at radius 2 is 2.33 bits per heavy atom. The molecule has 12 heavy (non-hydrogen) atoms. The third kappa shape index (κ3) is 1.70. The number of phenols is 1. The molecule has 1 rings (SSSR count).